The van der Waals surface area contributed by atoms with Gasteiger partial charge in [0.2, 0.25) is 0 Å². The van der Waals surface area contributed by atoms with Crippen molar-refractivity contribution in [3.63, 3.8) is 0 Å². The van der Waals surface area contributed by atoms with Crippen LogP contribution in [0.25, 0.3) is 10.6 Å². The average Bonchev–Trinajstić information content (AvgIpc) is 2.72. The molecule has 2 rings (SSSR count). The molecule has 0 aliphatic rings. The van der Waals surface area contributed by atoms with Gasteiger partial charge in [0, 0.05) is 5.56 Å². The first-order valence-electron chi connectivity index (χ1n) is 5.04. The monoisotopic (exact) mass is 308 g/mol. The molecule has 0 fully saturated rings. The molecule has 0 N–H and O–H groups in total. The molecule has 0 radical (unpaired) electrons. The molecule has 0 aliphatic carbocycles. The Labute approximate surface area is 112 Å². The van der Waals surface area contributed by atoms with E-state index in [0.717, 1.165) is 20.1 Å². The van der Waals surface area contributed by atoms with E-state index in [0.29, 0.717) is 12.3 Å². The summed E-state index contributed by atoms with van der Waals surface area (Å²) in [6.07, 6.45) is 0. The largest absolute Gasteiger partial charge is 0.494 e. The zero-order valence-electron chi connectivity index (χ0n) is 9.11. The van der Waals surface area contributed by atoms with Gasteiger partial charge in [-0.15, -0.1) is 11.3 Å². The fourth-order valence-electron chi connectivity index (χ4n) is 1.35. The third-order valence-electron chi connectivity index (χ3n) is 2.10. The van der Waals surface area contributed by atoms with Crippen molar-refractivity contribution in [2.24, 2.45) is 0 Å². The molecule has 1 aromatic carbocycles. The van der Waals surface area contributed by atoms with E-state index in [9.17, 15) is 0 Å². The van der Waals surface area contributed by atoms with Crippen LogP contribution in [0.3, 0.4) is 0 Å². The maximum Gasteiger partial charge on any atom is 0.166 e. The Bertz CT molecular complexity index is 557. The van der Waals surface area contributed by atoms with Crippen molar-refractivity contribution >= 4 is 27.3 Å². The topological polar surface area (TPSA) is 45.9 Å². The molecule has 0 amide bonds. The summed E-state index contributed by atoms with van der Waals surface area (Å²) in [6.45, 7) is 2.60. The van der Waals surface area contributed by atoms with Crippen molar-refractivity contribution in [1.29, 1.82) is 5.26 Å². The van der Waals surface area contributed by atoms with Gasteiger partial charge in [-0.25, -0.2) is 4.98 Å². The number of hydrogen-bond donors (Lipinski definition) is 0. The Morgan fingerprint density at radius 3 is 2.65 bits per heavy atom. The van der Waals surface area contributed by atoms with E-state index in [1.807, 2.05) is 37.3 Å². The molecule has 86 valence electrons. The van der Waals surface area contributed by atoms with Crippen molar-refractivity contribution in [2.75, 3.05) is 6.61 Å². The first-order chi connectivity index (χ1) is 8.24. The molecular weight excluding hydrogens is 300 g/mol. The van der Waals surface area contributed by atoms with Gasteiger partial charge in [0.25, 0.3) is 0 Å². The number of thiazole rings is 1. The van der Waals surface area contributed by atoms with Crippen LogP contribution in [0.4, 0.5) is 0 Å². The van der Waals surface area contributed by atoms with Crippen LogP contribution in [0.5, 0.6) is 5.75 Å². The molecule has 3 nitrogen and oxygen atoms in total. The second-order valence-electron chi connectivity index (χ2n) is 3.21. The van der Waals surface area contributed by atoms with Crippen molar-refractivity contribution in [2.45, 2.75) is 6.92 Å². The lowest BCUT2D eigenvalue weighted by atomic mass is 10.2. The Morgan fingerprint density at radius 1 is 1.41 bits per heavy atom. The number of aromatic nitrogens is 1. The van der Waals surface area contributed by atoms with E-state index < -0.39 is 0 Å². The van der Waals surface area contributed by atoms with Gasteiger partial charge in [0.15, 0.2) is 5.69 Å². The molecule has 0 atom stereocenters. The molecule has 2 aromatic rings. The molecule has 0 aliphatic heterocycles. The summed E-state index contributed by atoms with van der Waals surface area (Å²) in [6, 6.07) is 9.73. The summed E-state index contributed by atoms with van der Waals surface area (Å²) in [5, 5.41) is 9.67. The first kappa shape index (κ1) is 12.1. The predicted molar refractivity (Wildman–Crippen MR) is 71.1 cm³/mol. The highest BCUT2D eigenvalue weighted by Gasteiger charge is 2.09. The quantitative estimate of drug-likeness (QED) is 0.865. The van der Waals surface area contributed by atoms with Gasteiger partial charge in [0.1, 0.15) is 20.6 Å². The number of rotatable bonds is 3. The molecule has 17 heavy (non-hydrogen) atoms. The molecule has 0 saturated carbocycles. The lowest BCUT2D eigenvalue weighted by Gasteiger charge is -2.02. The van der Waals surface area contributed by atoms with Gasteiger partial charge >= 0.3 is 0 Å². The minimum Gasteiger partial charge on any atom is -0.494 e. The van der Waals surface area contributed by atoms with Crippen molar-refractivity contribution < 1.29 is 4.74 Å². The smallest absolute Gasteiger partial charge is 0.166 e. The van der Waals surface area contributed by atoms with E-state index >= 15 is 0 Å². The zero-order chi connectivity index (χ0) is 12.3. The van der Waals surface area contributed by atoms with Crippen LogP contribution < -0.4 is 4.74 Å². The fourth-order valence-corrected chi connectivity index (χ4v) is 2.74. The van der Waals surface area contributed by atoms with E-state index in [1.54, 1.807) is 0 Å². The van der Waals surface area contributed by atoms with E-state index in [2.05, 4.69) is 20.9 Å². The summed E-state index contributed by atoms with van der Waals surface area (Å²) < 4.78 is 6.14. The van der Waals surface area contributed by atoms with E-state index in [-0.39, 0.29) is 0 Å². The van der Waals surface area contributed by atoms with Gasteiger partial charge in [-0.1, -0.05) is 0 Å². The Kier molecular flexibility index (Phi) is 3.77. The second-order valence-corrected chi connectivity index (χ2v) is 5.53. The minimum absolute atomic E-state index is 0.430. The summed E-state index contributed by atoms with van der Waals surface area (Å²) in [4.78, 5) is 4.24. The number of halogens is 1. The molecule has 0 unspecified atom stereocenters. The molecule has 0 spiro atoms. The maximum atomic E-state index is 8.84. The van der Waals surface area contributed by atoms with Crippen LogP contribution in [0, 0.1) is 11.3 Å². The summed E-state index contributed by atoms with van der Waals surface area (Å²) in [5.74, 6) is 0.840. The van der Waals surface area contributed by atoms with Gasteiger partial charge < -0.3 is 4.74 Å². The van der Waals surface area contributed by atoms with Crippen LogP contribution in [0.15, 0.2) is 28.1 Å². The number of benzene rings is 1. The summed E-state index contributed by atoms with van der Waals surface area (Å²) in [5.41, 5.74) is 1.42. The third kappa shape index (κ3) is 2.65. The van der Waals surface area contributed by atoms with Gasteiger partial charge in [-0.3, -0.25) is 0 Å². The highest BCUT2D eigenvalue weighted by atomic mass is 79.9. The van der Waals surface area contributed by atoms with Crippen LogP contribution in [0.1, 0.15) is 12.6 Å². The SMILES string of the molecule is CCOc1ccc(-c2nc(C#N)c(Br)s2)cc1. The summed E-state index contributed by atoms with van der Waals surface area (Å²) in [7, 11) is 0. The average molecular weight is 309 g/mol. The van der Waals surface area contributed by atoms with E-state index in [1.165, 1.54) is 11.3 Å². The molecule has 1 heterocycles. The van der Waals surface area contributed by atoms with Crippen LogP contribution in [-0.2, 0) is 0 Å². The molecular formula is C12H9BrN2OS. The van der Waals surface area contributed by atoms with Crippen LogP contribution >= 0.6 is 27.3 Å². The third-order valence-corrected chi connectivity index (χ3v) is 3.86. The minimum atomic E-state index is 0.430. The normalized spacial score (nSPS) is 9.94. The molecule has 1 aromatic heterocycles. The first-order valence-corrected chi connectivity index (χ1v) is 6.65. The predicted octanol–water partition coefficient (Wildman–Crippen LogP) is 3.84. The number of nitriles is 1. The van der Waals surface area contributed by atoms with Crippen LogP contribution in [-0.4, -0.2) is 11.6 Å². The van der Waals surface area contributed by atoms with Crippen molar-refractivity contribution in [3.8, 4) is 22.4 Å². The number of nitrogens with zero attached hydrogens (tertiary/aromatic N) is 2. The Balaban J connectivity index is 2.30. The lowest BCUT2D eigenvalue weighted by Crippen LogP contribution is -1.90. The van der Waals surface area contributed by atoms with Crippen molar-refractivity contribution in [1.82, 2.24) is 4.98 Å². The highest BCUT2D eigenvalue weighted by molar-refractivity contribution is 9.11. The number of ether oxygens (including phenoxy) is 1. The van der Waals surface area contributed by atoms with Gasteiger partial charge in [-0.2, -0.15) is 5.26 Å². The molecule has 5 heteroatoms. The standard InChI is InChI=1S/C12H9BrN2OS/c1-2-16-9-5-3-8(4-6-9)12-15-10(7-14)11(13)17-12/h3-6H,2H2,1H3. The lowest BCUT2D eigenvalue weighted by molar-refractivity contribution is 0.340. The van der Waals surface area contributed by atoms with Gasteiger partial charge in [0.05, 0.1) is 6.61 Å². The zero-order valence-corrected chi connectivity index (χ0v) is 11.5. The Hall–Kier alpha value is -1.38. The summed E-state index contributed by atoms with van der Waals surface area (Å²) >= 11 is 4.78. The van der Waals surface area contributed by atoms with E-state index in [4.69, 9.17) is 10.00 Å². The fraction of sp³-hybridized carbons (Fsp3) is 0.167. The maximum absolute atomic E-state index is 8.84. The molecule has 0 bridgehead atoms. The molecule has 0 saturated heterocycles. The van der Waals surface area contributed by atoms with Crippen LogP contribution in [0.2, 0.25) is 0 Å². The van der Waals surface area contributed by atoms with Crippen molar-refractivity contribution in [3.05, 3.63) is 33.7 Å². The Morgan fingerprint density at radius 2 is 2.12 bits per heavy atom. The highest BCUT2D eigenvalue weighted by Crippen LogP contribution is 2.32. The second kappa shape index (κ2) is 5.30. The van der Waals surface area contributed by atoms with Gasteiger partial charge in [-0.05, 0) is 47.1 Å². The number of hydrogen-bond acceptors (Lipinski definition) is 4.